The molecule has 2 aromatic carbocycles. The van der Waals surface area contributed by atoms with E-state index in [2.05, 4.69) is 5.32 Å². The van der Waals surface area contributed by atoms with E-state index in [-0.39, 0.29) is 28.8 Å². The number of nitrogens with zero attached hydrogens (tertiary/aromatic N) is 1. The summed E-state index contributed by atoms with van der Waals surface area (Å²) >= 11 is 7.78. The van der Waals surface area contributed by atoms with Gasteiger partial charge < -0.3 is 14.8 Å². The van der Waals surface area contributed by atoms with Gasteiger partial charge >= 0.3 is 0 Å². The number of rotatable bonds is 5. The maximum atomic E-state index is 12.8. The summed E-state index contributed by atoms with van der Waals surface area (Å²) in [5, 5.41) is 14.9. The van der Waals surface area contributed by atoms with Gasteiger partial charge in [-0.2, -0.15) is 0 Å². The molecule has 0 spiro atoms. The van der Waals surface area contributed by atoms with Gasteiger partial charge in [0.05, 0.1) is 31.3 Å². The van der Waals surface area contributed by atoms with Crippen LogP contribution in [0.15, 0.2) is 35.2 Å². The molecule has 0 radical (unpaired) electrons. The molecule has 0 saturated heterocycles. The van der Waals surface area contributed by atoms with E-state index in [0.29, 0.717) is 11.4 Å². The predicted octanol–water partition coefficient (Wildman–Crippen LogP) is 4.23. The highest BCUT2D eigenvalue weighted by molar-refractivity contribution is 7.99. The van der Waals surface area contributed by atoms with E-state index in [1.807, 2.05) is 12.1 Å². The Morgan fingerprint density at radius 3 is 2.63 bits per heavy atom. The number of nitrogens with one attached hydrogen (secondary N) is 1. The number of hydrogen-bond donors (Lipinski definition) is 1. The molecule has 0 fully saturated rings. The summed E-state index contributed by atoms with van der Waals surface area (Å²) in [7, 11) is 2.78. The molecule has 1 amide bonds. The molecule has 0 aliphatic carbocycles. The zero-order chi connectivity index (χ0) is 19.6. The van der Waals surface area contributed by atoms with Gasteiger partial charge in [-0.25, -0.2) is 0 Å². The van der Waals surface area contributed by atoms with Crippen LogP contribution < -0.4 is 14.8 Å². The summed E-state index contributed by atoms with van der Waals surface area (Å²) in [5.74, 6) is 0.710. The van der Waals surface area contributed by atoms with Crippen molar-refractivity contribution in [3.05, 3.63) is 56.6 Å². The largest absolute Gasteiger partial charge is 0.493 e. The highest BCUT2D eigenvalue weighted by atomic mass is 35.5. The second kappa shape index (κ2) is 8.06. The van der Waals surface area contributed by atoms with Crippen LogP contribution >= 0.6 is 23.4 Å². The number of ether oxygens (including phenoxy) is 2. The van der Waals surface area contributed by atoms with Crippen molar-refractivity contribution in [3.63, 3.8) is 0 Å². The highest BCUT2D eigenvalue weighted by Crippen LogP contribution is 2.39. The van der Waals surface area contributed by atoms with Crippen LogP contribution in [0.2, 0.25) is 5.02 Å². The predicted molar refractivity (Wildman–Crippen MR) is 103 cm³/mol. The summed E-state index contributed by atoms with van der Waals surface area (Å²) < 4.78 is 10.3. The maximum absolute atomic E-state index is 12.8. The normalized spacial score (nSPS) is 15.6. The summed E-state index contributed by atoms with van der Waals surface area (Å²) in [5.41, 5.74) is 0.483. The lowest BCUT2D eigenvalue weighted by atomic mass is 10.0. The quantitative estimate of drug-likeness (QED) is 0.588. The Morgan fingerprint density at radius 1 is 1.26 bits per heavy atom. The second-order valence-electron chi connectivity index (χ2n) is 5.83. The number of benzene rings is 2. The van der Waals surface area contributed by atoms with Crippen LogP contribution in [0.3, 0.4) is 0 Å². The van der Waals surface area contributed by atoms with Crippen LogP contribution in [0.1, 0.15) is 28.4 Å². The van der Waals surface area contributed by atoms with Crippen LogP contribution in [0.25, 0.3) is 0 Å². The van der Waals surface area contributed by atoms with Crippen molar-refractivity contribution < 1.29 is 19.2 Å². The number of halogens is 1. The average Bonchev–Trinajstić information content (AvgIpc) is 2.67. The SMILES string of the molecule is COc1cc(C(=O)NC2CCSc3ccc(Cl)cc32)c([N+](=O)[O-])cc1OC. The van der Waals surface area contributed by atoms with E-state index < -0.39 is 10.8 Å². The van der Waals surface area contributed by atoms with Crippen LogP contribution in [-0.4, -0.2) is 30.8 Å². The summed E-state index contributed by atoms with van der Waals surface area (Å²) in [4.78, 5) is 24.7. The fraction of sp³-hybridized carbons (Fsp3) is 0.278. The molecule has 0 saturated carbocycles. The molecule has 7 nitrogen and oxygen atoms in total. The lowest BCUT2D eigenvalue weighted by molar-refractivity contribution is -0.385. The number of carbonyl (C=O) groups is 1. The van der Waals surface area contributed by atoms with Crippen molar-refractivity contribution in [2.45, 2.75) is 17.4 Å². The second-order valence-corrected chi connectivity index (χ2v) is 7.40. The molecule has 1 atom stereocenters. The Labute approximate surface area is 165 Å². The first-order valence-electron chi connectivity index (χ1n) is 8.08. The smallest absolute Gasteiger partial charge is 0.286 e. The van der Waals surface area contributed by atoms with Gasteiger partial charge in [0.25, 0.3) is 11.6 Å². The van der Waals surface area contributed by atoms with Crippen LogP contribution in [0.4, 0.5) is 5.69 Å². The van der Waals surface area contributed by atoms with Crippen LogP contribution in [0.5, 0.6) is 11.5 Å². The van der Waals surface area contributed by atoms with Crippen molar-refractivity contribution in [2.24, 2.45) is 0 Å². The monoisotopic (exact) mass is 408 g/mol. The number of thioether (sulfide) groups is 1. The van der Waals surface area contributed by atoms with Crippen molar-refractivity contribution in [1.82, 2.24) is 5.32 Å². The van der Waals surface area contributed by atoms with Gasteiger partial charge in [-0.3, -0.25) is 14.9 Å². The fourth-order valence-electron chi connectivity index (χ4n) is 2.95. The number of amides is 1. The minimum Gasteiger partial charge on any atom is -0.493 e. The van der Waals surface area contributed by atoms with E-state index in [4.69, 9.17) is 21.1 Å². The summed E-state index contributed by atoms with van der Waals surface area (Å²) in [6.07, 6.45) is 0.699. The Bertz CT molecular complexity index is 906. The Kier molecular flexibility index (Phi) is 5.76. The number of nitro benzene ring substituents is 1. The van der Waals surface area contributed by atoms with E-state index in [0.717, 1.165) is 16.2 Å². The molecule has 1 N–H and O–H groups in total. The van der Waals surface area contributed by atoms with Crippen molar-refractivity contribution >= 4 is 35.0 Å². The van der Waals surface area contributed by atoms with E-state index in [1.165, 1.54) is 26.4 Å². The first kappa shape index (κ1) is 19.3. The maximum Gasteiger partial charge on any atom is 0.286 e. The molecule has 1 aliphatic heterocycles. The Hall–Kier alpha value is -2.45. The van der Waals surface area contributed by atoms with E-state index >= 15 is 0 Å². The lowest BCUT2D eigenvalue weighted by Gasteiger charge is -2.26. The zero-order valence-corrected chi connectivity index (χ0v) is 16.2. The Balaban J connectivity index is 1.96. The van der Waals surface area contributed by atoms with Crippen molar-refractivity contribution in [1.29, 1.82) is 0 Å². The highest BCUT2D eigenvalue weighted by Gasteiger charge is 2.28. The number of hydrogen-bond acceptors (Lipinski definition) is 6. The Morgan fingerprint density at radius 2 is 1.96 bits per heavy atom. The third-order valence-electron chi connectivity index (χ3n) is 4.26. The van der Waals surface area contributed by atoms with Crippen molar-refractivity contribution in [3.8, 4) is 11.5 Å². The van der Waals surface area contributed by atoms with Gasteiger partial charge in [0.2, 0.25) is 0 Å². The minimum atomic E-state index is -0.613. The molecule has 1 aliphatic rings. The van der Waals surface area contributed by atoms with Gasteiger partial charge in [-0.05, 0) is 30.2 Å². The standard InChI is InChI=1S/C18H17ClN2O5S/c1-25-15-8-12(14(21(23)24)9-16(15)26-2)18(22)20-13-5-6-27-17-4-3-10(19)7-11(13)17/h3-4,7-9,13H,5-6H2,1-2H3,(H,20,22). The first-order valence-corrected chi connectivity index (χ1v) is 9.44. The topological polar surface area (TPSA) is 90.7 Å². The molecule has 1 unspecified atom stereocenters. The van der Waals surface area contributed by atoms with Gasteiger partial charge in [0.1, 0.15) is 5.56 Å². The number of methoxy groups -OCH3 is 2. The van der Waals surface area contributed by atoms with Crippen molar-refractivity contribution in [2.75, 3.05) is 20.0 Å². The molecule has 0 aromatic heterocycles. The molecule has 3 rings (SSSR count). The molecular weight excluding hydrogens is 392 g/mol. The summed E-state index contributed by atoms with van der Waals surface area (Å²) in [6.45, 7) is 0. The zero-order valence-electron chi connectivity index (χ0n) is 14.7. The van der Waals surface area contributed by atoms with Crippen LogP contribution in [-0.2, 0) is 0 Å². The average molecular weight is 409 g/mol. The number of carbonyl (C=O) groups excluding carboxylic acids is 1. The molecule has 27 heavy (non-hydrogen) atoms. The first-order chi connectivity index (χ1) is 12.9. The van der Waals surface area contributed by atoms with Gasteiger partial charge in [-0.1, -0.05) is 11.6 Å². The molecule has 9 heteroatoms. The molecule has 2 aromatic rings. The van der Waals surface area contributed by atoms with Crippen LogP contribution in [0, 0.1) is 10.1 Å². The number of fused-ring (bicyclic) bond motifs is 1. The lowest BCUT2D eigenvalue weighted by Crippen LogP contribution is -2.31. The minimum absolute atomic E-state index is 0.0838. The third kappa shape index (κ3) is 3.96. The molecule has 1 heterocycles. The summed E-state index contributed by atoms with van der Waals surface area (Å²) in [6, 6.07) is 7.77. The van der Waals surface area contributed by atoms with Gasteiger partial charge in [0.15, 0.2) is 11.5 Å². The van der Waals surface area contributed by atoms with E-state index in [9.17, 15) is 14.9 Å². The molecular formula is C18H17ClN2O5S. The molecule has 142 valence electrons. The third-order valence-corrected chi connectivity index (χ3v) is 5.62. The van der Waals surface area contributed by atoms with Gasteiger partial charge in [-0.15, -0.1) is 11.8 Å². The fourth-order valence-corrected chi connectivity index (χ4v) is 4.24. The van der Waals surface area contributed by atoms with Gasteiger partial charge in [0, 0.05) is 21.7 Å². The number of nitro groups is 1. The van der Waals surface area contributed by atoms with E-state index in [1.54, 1.807) is 17.8 Å². The molecule has 0 bridgehead atoms.